The Kier molecular flexibility index (Phi) is 3.44. The molecular weight excluding hydrogens is 330 g/mol. The SMILES string of the molecule is COc1ccnc(N2CC3CN(c4cc(C)nc5ccnn45)CC3C2)n1. The van der Waals surface area contributed by atoms with Crippen LogP contribution in [0.2, 0.25) is 0 Å². The van der Waals surface area contributed by atoms with E-state index in [1.54, 1.807) is 19.4 Å². The van der Waals surface area contributed by atoms with Crippen molar-refractivity contribution in [1.29, 1.82) is 0 Å². The Morgan fingerprint density at radius 2 is 1.77 bits per heavy atom. The topological polar surface area (TPSA) is 71.7 Å². The maximum Gasteiger partial charge on any atom is 0.228 e. The number of fused-ring (bicyclic) bond motifs is 2. The molecule has 2 saturated heterocycles. The van der Waals surface area contributed by atoms with Crippen molar-refractivity contribution in [3.63, 3.8) is 0 Å². The third-order valence-electron chi connectivity index (χ3n) is 5.39. The lowest BCUT2D eigenvalue weighted by Crippen LogP contribution is -2.30. The lowest BCUT2D eigenvalue weighted by molar-refractivity contribution is 0.397. The van der Waals surface area contributed by atoms with Gasteiger partial charge in [0.25, 0.3) is 0 Å². The summed E-state index contributed by atoms with van der Waals surface area (Å²) in [6.45, 7) is 6.02. The van der Waals surface area contributed by atoms with Crippen molar-refractivity contribution in [3.05, 3.63) is 36.3 Å². The first-order valence-electron chi connectivity index (χ1n) is 8.89. The number of anilines is 2. The second-order valence-corrected chi connectivity index (χ2v) is 7.09. The summed E-state index contributed by atoms with van der Waals surface area (Å²) in [5, 5.41) is 4.45. The van der Waals surface area contributed by atoms with Gasteiger partial charge in [0, 0.05) is 68.1 Å². The minimum Gasteiger partial charge on any atom is -0.481 e. The molecule has 0 radical (unpaired) electrons. The van der Waals surface area contributed by atoms with E-state index in [1.807, 2.05) is 23.7 Å². The minimum absolute atomic E-state index is 0.601. The molecule has 2 unspecified atom stereocenters. The highest BCUT2D eigenvalue weighted by molar-refractivity contribution is 5.52. The highest BCUT2D eigenvalue weighted by Gasteiger charge is 2.41. The molecule has 5 heterocycles. The Balaban J connectivity index is 1.36. The summed E-state index contributed by atoms with van der Waals surface area (Å²) in [5.41, 5.74) is 1.93. The lowest BCUT2D eigenvalue weighted by Gasteiger charge is -2.23. The zero-order valence-corrected chi connectivity index (χ0v) is 14.9. The first-order chi connectivity index (χ1) is 12.7. The molecule has 3 aromatic rings. The standard InChI is InChI=1S/C18H21N7O/c1-12-7-17(25-15(21-12)3-6-20-25)23-8-13-10-24(11-14(13)9-23)18-19-5-4-16(22-18)26-2/h3-7,13-14H,8-11H2,1-2H3. The number of hydrogen-bond acceptors (Lipinski definition) is 7. The number of rotatable bonds is 3. The second kappa shape index (κ2) is 5.82. The summed E-state index contributed by atoms with van der Waals surface area (Å²) in [6.07, 6.45) is 3.57. The van der Waals surface area contributed by atoms with Gasteiger partial charge >= 0.3 is 0 Å². The first kappa shape index (κ1) is 15.4. The van der Waals surface area contributed by atoms with Gasteiger partial charge in [0.2, 0.25) is 11.8 Å². The summed E-state index contributed by atoms with van der Waals surface area (Å²) in [7, 11) is 1.63. The smallest absolute Gasteiger partial charge is 0.228 e. The van der Waals surface area contributed by atoms with Gasteiger partial charge in [-0.1, -0.05) is 0 Å². The molecule has 134 valence electrons. The summed E-state index contributed by atoms with van der Waals surface area (Å²) < 4.78 is 7.17. The van der Waals surface area contributed by atoms with E-state index >= 15 is 0 Å². The fraction of sp³-hybridized carbons (Fsp3) is 0.444. The third kappa shape index (κ3) is 2.44. The predicted molar refractivity (Wildman–Crippen MR) is 97.7 cm³/mol. The van der Waals surface area contributed by atoms with Crippen LogP contribution in [-0.2, 0) is 0 Å². The van der Waals surface area contributed by atoms with E-state index in [4.69, 9.17) is 4.74 Å². The zero-order chi connectivity index (χ0) is 17.7. The molecule has 2 aliphatic rings. The molecule has 0 aliphatic carbocycles. The van der Waals surface area contributed by atoms with Crippen LogP contribution in [0.4, 0.5) is 11.8 Å². The summed E-state index contributed by atoms with van der Waals surface area (Å²) in [5.74, 6) is 3.71. The fourth-order valence-corrected chi connectivity index (χ4v) is 4.19. The van der Waals surface area contributed by atoms with Crippen LogP contribution in [0.5, 0.6) is 5.88 Å². The number of aryl methyl sites for hydroxylation is 1. The second-order valence-electron chi connectivity index (χ2n) is 7.09. The maximum absolute atomic E-state index is 5.23. The van der Waals surface area contributed by atoms with Crippen molar-refractivity contribution in [1.82, 2.24) is 24.6 Å². The molecule has 0 N–H and O–H groups in total. The van der Waals surface area contributed by atoms with Crippen LogP contribution in [0, 0.1) is 18.8 Å². The quantitative estimate of drug-likeness (QED) is 0.706. The van der Waals surface area contributed by atoms with Gasteiger partial charge in [-0.25, -0.2) is 9.97 Å². The molecule has 2 atom stereocenters. The van der Waals surface area contributed by atoms with Crippen molar-refractivity contribution in [2.24, 2.45) is 11.8 Å². The van der Waals surface area contributed by atoms with Gasteiger partial charge in [0.15, 0.2) is 5.65 Å². The van der Waals surface area contributed by atoms with E-state index in [0.29, 0.717) is 17.7 Å². The van der Waals surface area contributed by atoms with Crippen molar-refractivity contribution >= 4 is 17.4 Å². The number of aromatic nitrogens is 5. The molecular formula is C18H21N7O. The van der Waals surface area contributed by atoms with E-state index < -0.39 is 0 Å². The lowest BCUT2D eigenvalue weighted by atomic mass is 10.0. The predicted octanol–water partition coefficient (Wildman–Crippen LogP) is 1.41. The van der Waals surface area contributed by atoms with Crippen molar-refractivity contribution in [2.75, 3.05) is 43.1 Å². The molecule has 0 bridgehead atoms. The first-order valence-corrected chi connectivity index (χ1v) is 8.89. The number of ether oxygens (including phenoxy) is 1. The molecule has 0 aromatic carbocycles. The molecule has 2 fully saturated rings. The molecule has 5 rings (SSSR count). The number of hydrogen-bond donors (Lipinski definition) is 0. The van der Waals surface area contributed by atoms with E-state index in [9.17, 15) is 0 Å². The van der Waals surface area contributed by atoms with Crippen LogP contribution < -0.4 is 14.5 Å². The maximum atomic E-state index is 5.23. The zero-order valence-electron chi connectivity index (χ0n) is 14.9. The molecule has 0 spiro atoms. The Labute approximate surface area is 151 Å². The van der Waals surface area contributed by atoms with E-state index in [-0.39, 0.29) is 0 Å². The summed E-state index contributed by atoms with van der Waals surface area (Å²) >= 11 is 0. The molecule has 2 aliphatic heterocycles. The van der Waals surface area contributed by atoms with Crippen molar-refractivity contribution in [3.8, 4) is 5.88 Å². The van der Waals surface area contributed by atoms with Crippen LogP contribution in [0.25, 0.3) is 5.65 Å². The highest BCUT2D eigenvalue weighted by atomic mass is 16.5. The van der Waals surface area contributed by atoms with Crippen LogP contribution in [0.15, 0.2) is 30.6 Å². The van der Waals surface area contributed by atoms with E-state index in [2.05, 4.69) is 35.9 Å². The fourth-order valence-electron chi connectivity index (χ4n) is 4.19. The van der Waals surface area contributed by atoms with Gasteiger partial charge in [0.1, 0.15) is 5.82 Å². The van der Waals surface area contributed by atoms with Gasteiger partial charge in [-0.15, -0.1) is 0 Å². The third-order valence-corrected chi connectivity index (χ3v) is 5.39. The van der Waals surface area contributed by atoms with Crippen LogP contribution in [0.3, 0.4) is 0 Å². The molecule has 0 saturated carbocycles. The van der Waals surface area contributed by atoms with Gasteiger partial charge in [-0.2, -0.15) is 14.6 Å². The monoisotopic (exact) mass is 351 g/mol. The van der Waals surface area contributed by atoms with Crippen LogP contribution in [-0.4, -0.2) is 57.9 Å². The molecule has 3 aromatic heterocycles. The summed E-state index contributed by atoms with van der Waals surface area (Å²) in [6, 6.07) is 5.86. The number of methoxy groups -OCH3 is 1. The van der Waals surface area contributed by atoms with E-state index in [0.717, 1.165) is 49.3 Å². The Morgan fingerprint density at radius 3 is 2.54 bits per heavy atom. The van der Waals surface area contributed by atoms with Crippen LogP contribution >= 0.6 is 0 Å². The van der Waals surface area contributed by atoms with Crippen molar-refractivity contribution in [2.45, 2.75) is 6.92 Å². The molecule has 26 heavy (non-hydrogen) atoms. The van der Waals surface area contributed by atoms with E-state index in [1.165, 1.54) is 0 Å². The normalized spacial score (nSPS) is 22.2. The largest absolute Gasteiger partial charge is 0.481 e. The van der Waals surface area contributed by atoms with Gasteiger partial charge in [0.05, 0.1) is 13.3 Å². The van der Waals surface area contributed by atoms with Gasteiger partial charge in [-0.3, -0.25) is 0 Å². The molecule has 0 amide bonds. The van der Waals surface area contributed by atoms with Gasteiger partial charge < -0.3 is 14.5 Å². The average molecular weight is 351 g/mol. The molecule has 8 heteroatoms. The van der Waals surface area contributed by atoms with Gasteiger partial charge in [-0.05, 0) is 6.92 Å². The van der Waals surface area contributed by atoms with Crippen LogP contribution in [0.1, 0.15) is 5.69 Å². The Bertz CT molecular complexity index is 942. The Hall–Kier alpha value is -2.90. The summed E-state index contributed by atoms with van der Waals surface area (Å²) in [4.78, 5) is 18.2. The highest BCUT2D eigenvalue weighted by Crippen LogP contribution is 2.35. The molecule has 8 nitrogen and oxygen atoms in total. The minimum atomic E-state index is 0.601. The average Bonchev–Trinajstić information content (AvgIpc) is 3.35. The Morgan fingerprint density at radius 1 is 1.00 bits per heavy atom. The number of nitrogens with zero attached hydrogens (tertiary/aromatic N) is 7. The van der Waals surface area contributed by atoms with Crippen molar-refractivity contribution < 1.29 is 4.74 Å².